The van der Waals surface area contributed by atoms with E-state index in [1.54, 1.807) is 24.3 Å². The Bertz CT molecular complexity index is 1330. The molecule has 0 spiro atoms. The predicted molar refractivity (Wildman–Crippen MR) is 150 cm³/mol. The molecular weight excluding hydrogens is 500 g/mol. The minimum absolute atomic E-state index is 0.0754. The van der Waals surface area contributed by atoms with Crippen molar-refractivity contribution in [3.8, 4) is 5.75 Å². The van der Waals surface area contributed by atoms with Crippen LogP contribution in [0.2, 0.25) is 0 Å². The molecule has 0 bridgehead atoms. The van der Waals surface area contributed by atoms with Crippen molar-refractivity contribution in [3.05, 3.63) is 90.0 Å². The summed E-state index contributed by atoms with van der Waals surface area (Å²) < 4.78 is 33.7. The molecule has 4 rings (SSSR count). The number of nitrogens with one attached hydrogen (secondary N) is 1. The van der Waals surface area contributed by atoms with Crippen LogP contribution in [-0.2, 0) is 21.4 Å². The van der Waals surface area contributed by atoms with Crippen LogP contribution < -0.4 is 14.5 Å². The van der Waals surface area contributed by atoms with Gasteiger partial charge < -0.3 is 4.74 Å². The molecule has 1 N–H and O–H groups in total. The number of hydrogen-bond donors (Lipinski definition) is 1. The quantitative estimate of drug-likeness (QED) is 0.391. The maximum atomic E-state index is 13.6. The number of hydrazone groups is 1. The van der Waals surface area contributed by atoms with Crippen LogP contribution in [0, 0.1) is 6.92 Å². The van der Waals surface area contributed by atoms with Gasteiger partial charge in [-0.25, -0.2) is 13.8 Å². The van der Waals surface area contributed by atoms with Crippen LogP contribution in [0.25, 0.3) is 0 Å². The first-order valence-corrected chi connectivity index (χ1v) is 14.2. The Hall–Kier alpha value is -3.69. The summed E-state index contributed by atoms with van der Waals surface area (Å²) in [6, 6.07) is 23.6. The molecule has 0 unspecified atom stereocenters. The minimum atomic E-state index is -4.01. The van der Waals surface area contributed by atoms with Crippen LogP contribution in [-0.4, -0.2) is 51.2 Å². The number of piperidine rings is 1. The standard InChI is InChI=1S/C29H34N4O4S/c1-3-37-27-13-15-28(16-14-27)38(35,36)33(26-11-9-23(2)10-12-26)22-29(34)31-30-25-17-19-32(20-18-25)21-24-7-5-4-6-8-24/h4-16H,3,17-22H2,1-2H3,(H,31,34). The molecule has 3 aromatic rings. The van der Waals surface area contributed by atoms with Crippen LogP contribution in [0.1, 0.15) is 30.9 Å². The summed E-state index contributed by atoms with van der Waals surface area (Å²) >= 11 is 0. The van der Waals surface area contributed by atoms with E-state index in [0.717, 1.165) is 48.1 Å². The second-order valence-electron chi connectivity index (χ2n) is 9.23. The van der Waals surface area contributed by atoms with Crippen molar-refractivity contribution in [3.63, 3.8) is 0 Å². The van der Waals surface area contributed by atoms with Gasteiger partial charge in [0.05, 0.1) is 17.2 Å². The topological polar surface area (TPSA) is 91.3 Å². The van der Waals surface area contributed by atoms with Crippen molar-refractivity contribution in [2.45, 2.75) is 38.1 Å². The highest BCUT2D eigenvalue weighted by molar-refractivity contribution is 7.92. The van der Waals surface area contributed by atoms with E-state index in [-0.39, 0.29) is 4.90 Å². The number of carbonyl (C=O) groups excluding carboxylic acids is 1. The SMILES string of the molecule is CCOc1ccc(S(=O)(=O)N(CC(=O)NN=C2CCN(Cc3ccccc3)CC2)c2ccc(C)cc2)cc1. The normalized spacial score (nSPS) is 14.1. The summed E-state index contributed by atoms with van der Waals surface area (Å²) in [6.07, 6.45) is 1.50. The third-order valence-electron chi connectivity index (χ3n) is 6.35. The smallest absolute Gasteiger partial charge is 0.264 e. The lowest BCUT2D eigenvalue weighted by atomic mass is 10.1. The summed E-state index contributed by atoms with van der Waals surface area (Å²) in [5.74, 6) is 0.0796. The number of sulfonamides is 1. The minimum Gasteiger partial charge on any atom is -0.494 e. The number of hydrogen-bond acceptors (Lipinski definition) is 6. The molecule has 9 heteroatoms. The highest BCUT2D eigenvalue weighted by Crippen LogP contribution is 2.25. The van der Waals surface area contributed by atoms with Gasteiger partial charge in [0.1, 0.15) is 12.3 Å². The molecule has 0 atom stereocenters. The van der Waals surface area contributed by atoms with Crippen molar-refractivity contribution in [2.75, 3.05) is 30.5 Å². The molecule has 1 fully saturated rings. The molecule has 1 heterocycles. The van der Waals surface area contributed by atoms with Crippen molar-refractivity contribution >= 4 is 27.3 Å². The molecule has 0 aliphatic carbocycles. The van der Waals surface area contributed by atoms with Gasteiger partial charge in [-0.15, -0.1) is 0 Å². The molecule has 0 saturated carbocycles. The Morgan fingerprint density at radius 2 is 1.63 bits per heavy atom. The Kier molecular flexibility index (Phi) is 9.15. The average Bonchev–Trinajstić information content (AvgIpc) is 2.93. The van der Waals surface area contributed by atoms with E-state index in [4.69, 9.17) is 4.74 Å². The molecule has 0 radical (unpaired) electrons. The van der Waals surface area contributed by atoms with E-state index in [1.807, 2.05) is 44.2 Å². The number of carbonyl (C=O) groups is 1. The van der Waals surface area contributed by atoms with Gasteiger partial charge in [-0.3, -0.25) is 14.0 Å². The molecular formula is C29H34N4O4S. The molecule has 8 nitrogen and oxygen atoms in total. The lowest BCUT2D eigenvalue weighted by Gasteiger charge is -2.27. The van der Waals surface area contributed by atoms with E-state index in [1.165, 1.54) is 17.7 Å². The van der Waals surface area contributed by atoms with Gasteiger partial charge in [0.2, 0.25) is 0 Å². The van der Waals surface area contributed by atoms with E-state index in [0.29, 0.717) is 18.0 Å². The van der Waals surface area contributed by atoms with E-state index < -0.39 is 22.5 Å². The second-order valence-corrected chi connectivity index (χ2v) is 11.1. The summed E-state index contributed by atoms with van der Waals surface area (Å²) in [4.78, 5) is 15.3. The first kappa shape index (κ1) is 27.3. The molecule has 1 aliphatic rings. The lowest BCUT2D eigenvalue weighted by Crippen LogP contribution is -2.40. The zero-order valence-corrected chi connectivity index (χ0v) is 22.7. The monoisotopic (exact) mass is 534 g/mol. The first-order valence-electron chi connectivity index (χ1n) is 12.8. The average molecular weight is 535 g/mol. The number of ether oxygens (including phenoxy) is 1. The molecule has 3 aromatic carbocycles. The first-order chi connectivity index (χ1) is 18.3. The zero-order chi connectivity index (χ0) is 27.0. The highest BCUT2D eigenvalue weighted by Gasteiger charge is 2.27. The maximum absolute atomic E-state index is 13.6. The van der Waals surface area contributed by atoms with Crippen LogP contribution in [0.15, 0.2) is 88.9 Å². The van der Waals surface area contributed by atoms with Crippen LogP contribution in [0.4, 0.5) is 5.69 Å². The van der Waals surface area contributed by atoms with Gasteiger partial charge in [-0.05, 0) is 55.8 Å². The summed E-state index contributed by atoms with van der Waals surface area (Å²) in [6.45, 7) is 6.46. The zero-order valence-electron chi connectivity index (χ0n) is 21.8. The fourth-order valence-electron chi connectivity index (χ4n) is 4.26. The third kappa shape index (κ3) is 7.20. The van der Waals surface area contributed by atoms with E-state index in [9.17, 15) is 13.2 Å². The molecule has 200 valence electrons. The van der Waals surface area contributed by atoms with Gasteiger partial charge in [-0.2, -0.15) is 5.10 Å². The van der Waals surface area contributed by atoms with Crippen LogP contribution in [0.5, 0.6) is 5.75 Å². The van der Waals surface area contributed by atoms with Crippen molar-refractivity contribution in [1.82, 2.24) is 10.3 Å². The number of amides is 1. The molecule has 1 saturated heterocycles. The van der Waals surface area contributed by atoms with Crippen LogP contribution in [0.3, 0.4) is 0 Å². The van der Waals surface area contributed by atoms with Crippen molar-refractivity contribution in [1.29, 1.82) is 0 Å². The third-order valence-corrected chi connectivity index (χ3v) is 8.14. The second kappa shape index (κ2) is 12.7. The Balaban J connectivity index is 1.42. The summed E-state index contributed by atoms with van der Waals surface area (Å²) in [5.41, 5.74) is 6.15. The molecule has 1 aliphatic heterocycles. The van der Waals surface area contributed by atoms with Gasteiger partial charge in [0.25, 0.3) is 15.9 Å². The van der Waals surface area contributed by atoms with Crippen molar-refractivity contribution < 1.29 is 17.9 Å². The predicted octanol–water partition coefficient (Wildman–Crippen LogP) is 4.36. The van der Waals surface area contributed by atoms with E-state index in [2.05, 4.69) is 27.6 Å². The van der Waals surface area contributed by atoms with Gasteiger partial charge in [0, 0.05) is 38.2 Å². The number of likely N-dealkylation sites (tertiary alicyclic amines) is 1. The number of benzene rings is 3. The van der Waals surface area contributed by atoms with E-state index >= 15 is 0 Å². The number of aryl methyl sites for hydroxylation is 1. The highest BCUT2D eigenvalue weighted by atomic mass is 32.2. The van der Waals surface area contributed by atoms with Gasteiger partial charge >= 0.3 is 0 Å². The molecule has 1 amide bonds. The Morgan fingerprint density at radius 3 is 2.26 bits per heavy atom. The van der Waals surface area contributed by atoms with Gasteiger partial charge in [0.15, 0.2) is 0 Å². The Morgan fingerprint density at radius 1 is 0.974 bits per heavy atom. The molecule has 0 aromatic heterocycles. The number of anilines is 1. The van der Waals surface area contributed by atoms with Crippen molar-refractivity contribution in [2.24, 2.45) is 5.10 Å². The molecule has 38 heavy (non-hydrogen) atoms. The largest absolute Gasteiger partial charge is 0.494 e. The maximum Gasteiger partial charge on any atom is 0.264 e. The summed E-state index contributed by atoms with van der Waals surface area (Å²) in [5, 5.41) is 4.32. The number of nitrogens with zero attached hydrogens (tertiary/aromatic N) is 3. The van der Waals surface area contributed by atoms with Crippen LogP contribution >= 0.6 is 0 Å². The lowest BCUT2D eigenvalue weighted by molar-refractivity contribution is -0.119. The van der Waals surface area contributed by atoms with Gasteiger partial charge in [-0.1, -0.05) is 48.0 Å². The summed E-state index contributed by atoms with van der Waals surface area (Å²) in [7, 11) is -4.01. The number of rotatable bonds is 10. The Labute approximate surface area is 225 Å². The fraction of sp³-hybridized carbons (Fsp3) is 0.310. The fourth-order valence-corrected chi connectivity index (χ4v) is 5.68.